The van der Waals surface area contributed by atoms with Crippen LogP contribution in [-0.4, -0.2) is 46.2 Å². The van der Waals surface area contributed by atoms with E-state index in [2.05, 4.69) is 0 Å². The average molecular weight is 652 g/mol. The van der Waals surface area contributed by atoms with E-state index in [-0.39, 0.29) is 42.9 Å². The summed E-state index contributed by atoms with van der Waals surface area (Å²) in [6.45, 7) is 2.33. The second-order valence-corrected chi connectivity index (χ2v) is 13.7. The molecule has 0 spiro atoms. The van der Waals surface area contributed by atoms with Crippen LogP contribution in [0.25, 0.3) is 22.3 Å². The lowest BCUT2D eigenvalue weighted by molar-refractivity contribution is -0.172. The molecule has 2 unspecified atom stereocenters. The number of nitrogens with zero attached hydrogens (tertiary/aromatic N) is 3. The predicted molar refractivity (Wildman–Crippen MR) is 166 cm³/mol. The van der Waals surface area contributed by atoms with Crippen molar-refractivity contribution in [1.82, 2.24) is 14.5 Å². The maximum Gasteiger partial charge on any atom is 0.530 e. The summed E-state index contributed by atoms with van der Waals surface area (Å²) in [5.74, 6) is -0.434. The van der Waals surface area contributed by atoms with Crippen LogP contribution in [0.1, 0.15) is 53.7 Å². The first kappa shape index (κ1) is 30.1. The molecular weight excluding hydrogens is 621 g/mol. The number of aromatic nitrogens is 2. The van der Waals surface area contributed by atoms with E-state index in [0.717, 1.165) is 22.1 Å². The number of carbonyl (C=O) groups excluding carboxylic acids is 1. The van der Waals surface area contributed by atoms with E-state index in [4.69, 9.17) is 34.9 Å². The molecular formula is C32H31ClN3O8P. The van der Waals surface area contributed by atoms with Crippen molar-refractivity contribution in [1.29, 1.82) is 0 Å². The highest BCUT2D eigenvalue weighted by atomic mass is 35.5. The molecule has 1 N–H and O–H groups in total. The minimum absolute atomic E-state index is 0.0630. The smallest absolute Gasteiger partial charge is 0.458 e. The Balaban J connectivity index is 1.29. The number of hydrogen-bond acceptors (Lipinski definition) is 10. The third kappa shape index (κ3) is 5.08. The van der Waals surface area contributed by atoms with Gasteiger partial charge in [-0.2, -0.15) is 0 Å². The number of carbonyl (C=O) groups is 1. The van der Waals surface area contributed by atoms with E-state index < -0.39 is 25.5 Å². The Hall–Kier alpha value is -3.57. The van der Waals surface area contributed by atoms with Crippen LogP contribution in [0.15, 0.2) is 53.3 Å². The van der Waals surface area contributed by atoms with Crippen molar-refractivity contribution >= 4 is 36.3 Å². The Kier molecular flexibility index (Phi) is 7.39. The summed E-state index contributed by atoms with van der Waals surface area (Å²) in [5, 5.41) is 12.5. The van der Waals surface area contributed by atoms with Crippen LogP contribution in [0.3, 0.4) is 0 Å². The van der Waals surface area contributed by atoms with Crippen molar-refractivity contribution in [2.24, 2.45) is 0 Å². The van der Waals surface area contributed by atoms with E-state index in [0.29, 0.717) is 40.6 Å². The Labute approximate surface area is 263 Å². The van der Waals surface area contributed by atoms with Gasteiger partial charge in [0, 0.05) is 40.1 Å². The summed E-state index contributed by atoms with van der Waals surface area (Å²) in [6, 6.07) is 14.3. The molecule has 0 radical (unpaired) electrons. The fourth-order valence-corrected chi connectivity index (χ4v) is 7.90. The second-order valence-electron chi connectivity index (χ2n) is 11.8. The maximum absolute atomic E-state index is 13.8. The van der Waals surface area contributed by atoms with Gasteiger partial charge in [0.15, 0.2) is 5.60 Å². The molecule has 45 heavy (non-hydrogen) atoms. The third-order valence-electron chi connectivity index (χ3n) is 8.55. The van der Waals surface area contributed by atoms with Crippen molar-refractivity contribution in [3.63, 3.8) is 0 Å². The van der Waals surface area contributed by atoms with Gasteiger partial charge in [-0.15, -0.1) is 0 Å². The first-order valence-electron chi connectivity index (χ1n) is 14.6. The highest BCUT2D eigenvalue weighted by Gasteiger charge is 2.45. The molecule has 0 bridgehead atoms. The highest BCUT2D eigenvalue weighted by Crippen LogP contribution is 2.57. The predicted octanol–water partition coefficient (Wildman–Crippen LogP) is 5.46. The summed E-state index contributed by atoms with van der Waals surface area (Å²) in [7, 11) is -0.196. The number of cyclic esters (lactones) is 1. The standard InChI is InChI=1S/C32H31ClN3O8P/c1-4-32(39)24-14-26-29-19(15-36(26)30(37)23(24)17-41-31(32)38)13-21-22(16-35(2)3)28(9-8-25(21)34-29)44-45(40)42-11-10-27(43-45)18-6-5-7-20(33)12-18/h5-9,12-14,27,39H,4,10-11,15-17H2,1-3H3/t27?,32-,45?/m1/s1. The van der Waals surface area contributed by atoms with E-state index in [1.54, 1.807) is 41.8 Å². The number of pyridine rings is 2. The van der Waals surface area contributed by atoms with Crippen molar-refractivity contribution < 1.29 is 32.8 Å². The zero-order valence-corrected chi connectivity index (χ0v) is 26.6. The van der Waals surface area contributed by atoms with Gasteiger partial charge in [-0.3, -0.25) is 13.8 Å². The van der Waals surface area contributed by atoms with Crippen LogP contribution in [0.4, 0.5) is 0 Å². The number of fused-ring (bicyclic) bond motifs is 5. The summed E-state index contributed by atoms with van der Waals surface area (Å²) < 4.78 is 38.2. The zero-order chi connectivity index (χ0) is 31.7. The molecule has 0 saturated carbocycles. The molecule has 1 saturated heterocycles. The topological polar surface area (TPSA) is 129 Å². The Bertz CT molecular complexity index is 2000. The average Bonchev–Trinajstić information content (AvgIpc) is 3.37. The number of aliphatic hydroxyl groups is 1. The fourth-order valence-electron chi connectivity index (χ4n) is 6.27. The number of rotatable bonds is 6. The minimum atomic E-state index is -4.01. The normalized spacial score (nSPS) is 23.9. The summed E-state index contributed by atoms with van der Waals surface area (Å²) >= 11 is 6.18. The lowest BCUT2D eigenvalue weighted by Gasteiger charge is -2.31. The zero-order valence-electron chi connectivity index (χ0n) is 24.9. The van der Waals surface area contributed by atoms with Gasteiger partial charge in [-0.1, -0.05) is 30.7 Å². The molecule has 11 nitrogen and oxygen atoms in total. The molecule has 0 aliphatic carbocycles. The molecule has 5 heterocycles. The van der Waals surface area contributed by atoms with E-state index in [9.17, 15) is 19.3 Å². The molecule has 2 aromatic heterocycles. The molecule has 7 rings (SSSR count). The summed E-state index contributed by atoms with van der Waals surface area (Å²) in [5.41, 5.74) is 2.31. The number of hydrogen-bond donors (Lipinski definition) is 1. The number of benzene rings is 2. The van der Waals surface area contributed by atoms with Crippen molar-refractivity contribution in [2.45, 2.75) is 51.2 Å². The Morgan fingerprint density at radius 3 is 2.78 bits per heavy atom. The van der Waals surface area contributed by atoms with Crippen molar-refractivity contribution in [3.05, 3.63) is 91.7 Å². The van der Waals surface area contributed by atoms with Gasteiger partial charge in [0.25, 0.3) is 5.56 Å². The lowest BCUT2D eigenvalue weighted by Crippen LogP contribution is -2.44. The molecule has 3 atom stereocenters. The van der Waals surface area contributed by atoms with E-state index >= 15 is 0 Å². The third-order valence-corrected chi connectivity index (χ3v) is 10.2. The fraction of sp³-hybridized carbons (Fsp3) is 0.344. The molecule has 4 aromatic rings. The lowest BCUT2D eigenvalue weighted by atomic mass is 9.86. The molecule has 234 valence electrons. The van der Waals surface area contributed by atoms with Crippen LogP contribution in [-0.2, 0) is 48.4 Å². The van der Waals surface area contributed by atoms with Crippen LogP contribution < -0.4 is 10.1 Å². The number of esters is 1. The largest absolute Gasteiger partial charge is 0.530 e. The van der Waals surface area contributed by atoms with Gasteiger partial charge >= 0.3 is 13.8 Å². The quantitative estimate of drug-likeness (QED) is 0.187. The molecule has 2 aromatic carbocycles. The SMILES string of the molecule is CC[C@]1(O)C(=O)OCc2c1cc1n(c2=O)Cc2cc3c(CN(C)C)c(OP4(=O)OCCC(c5cccc(Cl)c5)O4)ccc3nc2-1. The van der Waals surface area contributed by atoms with Gasteiger partial charge in [0.1, 0.15) is 12.4 Å². The van der Waals surface area contributed by atoms with Crippen molar-refractivity contribution in [2.75, 3.05) is 20.7 Å². The monoisotopic (exact) mass is 651 g/mol. The maximum atomic E-state index is 13.8. The number of halogens is 1. The van der Waals surface area contributed by atoms with Crippen LogP contribution >= 0.6 is 19.4 Å². The van der Waals surface area contributed by atoms with Crippen LogP contribution in [0.2, 0.25) is 5.02 Å². The molecule has 3 aliphatic rings. The molecule has 13 heteroatoms. The summed E-state index contributed by atoms with van der Waals surface area (Å²) in [4.78, 5) is 33.0. The van der Waals surface area contributed by atoms with Gasteiger partial charge in [0.2, 0.25) is 0 Å². The van der Waals surface area contributed by atoms with Crippen LogP contribution in [0, 0.1) is 0 Å². The van der Waals surface area contributed by atoms with Gasteiger partial charge in [-0.05, 0) is 62.5 Å². The first-order chi connectivity index (χ1) is 21.5. The molecule has 1 fully saturated rings. The molecule has 0 amide bonds. The van der Waals surface area contributed by atoms with Gasteiger partial charge < -0.3 is 23.8 Å². The first-order valence-corrected chi connectivity index (χ1v) is 16.5. The minimum Gasteiger partial charge on any atom is -0.458 e. The number of phosphoric acid groups is 1. The summed E-state index contributed by atoms with van der Waals surface area (Å²) in [6.07, 6.45) is 0.0402. The second kappa shape index (κ2) is 11.0. The van der Waals surface area contributed by atoms with E-state index in [1.807, 2.05) is 37.2 Å². The van der Waals surface area contributed by atoms with Crippen molar-refractivity contribution in [3.8, 4) is 17.1 Å². The Morgan fingerprint density at radius 2 is 2.02 bits per heavy atom. The van der Waals surface area contributed by atoms with E-state index in [1.165, 1.54) is 0 Å². The van der Waals surface area contributed by atoms with Gasteiger partial charge in [0.05, 0.1) is 41.7 Å². The molecule has 3 aliphatic heterocycles. The van der Waals surface area contributed by atoms with Gasteiger partial charge in [-0.25, -0.2) is 14.3 Å². The highest BCUT2D eigenvalue weighted by molar-refractivity contribution is 7.49. The van der Waals surface area contributed by atoms with Crippen LogP contribution in [0.5, 0.6) is 5.75 Å². The Morgan fingerprint density at radius 1 is 1.20 bits per heavy atom. The number of phosphoric ester groups is 1. The number of ether oxygens (including phenoxy) is 1.